The van der Waals surface area contributed by atoms with Gasteiger partial charge in [0.1, 0.15) is 0 Å². The maximum absolute atomic E-state index is 10.6. The topological polar surface area (TPSA) is 52.6 Å². The molecule has 1 atom stereocenters. The van der Waals surface area contributed by atoms with E-state index in [1.165, 1.54) is 5.56 Å². The molecule has 1 aromatic rings. The molecule has 1 saturated heterocycles. The van der Waals surface area contributed by atoms with Crippen LogP contribution in [-0.4, -0.2) is 41.8 Å². The highest BCUT2D eigenvalue weighted by Gasteiger charge is 2.20. The minimum atomic E-state index is -0.906. The first-order valence-corrected chi connectivity index (χ1v) is 7.00. The third-order valence-electron chi connectivity index (χ3n) is 3.62. The van der Waals surface area contributed by atoms with E-state index in [0.717, 1.165) is 45.3 Å². The van der Waals surface area contributed by atoms with Crippen molar-refractivity contribution >= 4 is 6.09 Å². The van der Waals surface area contributed by atoms with Crippen molar-refractivity contribution in [2.24, 2.45) is 0 Å². The van der Waals surface area contributed by atoms with E-state index >= 15 is 0 Å². The standard InChI is InChI=1S/C15H22N2O2/c18-15(19)16-14-9-5-11-17(12-14)10-4-8-13-6-2-1-3-7-13/h1-3,6-7,14,16H,4-5,8-12H2,(H,18,19)/t14-/m1/s1. The van der Waals surface area contributed by atoms with Crippen LogP contribution in [0.4, 0.5) is 4.79 Å². The molecule has 1 fully saturated rings. The van der Waals surface area contributed by atoms with Crippen LogP contribution in [0.1, 0.15) is 24.8 Å². The van der Waals surface area contributed by atoms with E-state index in [-0.39, 0.29) is 6.04 Å². The molecule has 0 spiro atoms. The monoisotopic (exact) mass is 262 g/mol. The molecule has 0 saturated carbocycles. The Hall–Kier alpha value is -1.55. The Morgan fingerprint density at radius 1 is 1.37 bits per heavy atom. The van der Waals surface area contributed by atoms with E-state index in [2.05, 4.69) is 34.5 Å². The van der Waals surface area contributed by atoms with E-state index in [1.54, 1.807) is 0 Å². The van der Waals surface area contributed by atoms with Crippen molar-refractivity contribution in [1.82, 2.24) is 10.2 Å². The lowest BCUT2D eigenvalue weighted by Crippen LogP contribution is -2.47. The highest BCUT2D eigenvalue weighted by molar-refractivity contribution is 5.64. The Labute approximate surface area is 114 Å². The summed E-state index contributed by atoms with van der Waals surface area (Å²) >= 11 is 0. The summed E-state index contributed by atoms with van der Waals surface area (Å²) in [5.74, 6) is 0. The van der Waals surface area contributed by atoms with Crippen molar-refractivity contribution in [3.05, 3.63) is 35.9 Å². The Bertz CT molecular complexity index is 394. The molecule has 19 heavy (non-hydrogen) atoms. The van der Waals surface area contributed by atoms with Gasteiger partial charge in [0.25, 0.3) is 0 Å². The lowest BCUT2D eigenvalue weighted by atomic mass is 10.0. The second-order valence-electron chi connectivity index (χ2n) is 5.18. The number of nitrogens with one attached hydrogen (secondary N) is 1. The number of hydrogen-bond acceptors (Lipinski definition) is 2. The summed E-state index contributed by atoms with van der Waals surface area (Å²) in [7, 11) is 0. The van der Waals surface area contributed by atoms with Crippen LogP contribution < -0.4 is 5.32 Å². The zero-order valence-electron chi connectivity index (χ0n) is 11.2. The van der Waals surface area contributed by atoms with Gasteiger partial charge in [0.15, 0.2) is 0 Å². The third kappa shape index (κ3) is 4.91. The van der Waals surface area contributed by atoms with Gasteiger partial charge >= 0.3 is 6.09 Å². The van der Waals surface area contributed by atoms with Crippen LogP contribution in [-0.2, 0) is 6.42 Å². The number of hydrogen-bond donors (Lipinski definition) is 2. The first-order chi connectivity index (χ1) is 9.24. The number of amides is 1. The number of piperidine rings is 1. The van der Waals surface area contributed by atoms with E-state index < -0.39 is 6.09 Å². The molecule has 1 aliphatic rings. The van der Waals surface area contributed by atoms with Gasteiger partial charge in [0, 0.05) is 12.6 Å². The summed E-state index contributed by atoms with van der Waals surface area (Å²) in [6, 6.07) is 10.6. The molecule has 0 radical (unpaired) electrons. The predicted molar refractivity (Wildman–Crippen MR) is 75.4 cm³/mol. The van der Waals surface area contributed by atoms with Crippen molar-refractivity contribution in [1.29, 1.82) is 0 Å². The number of likely N-dealkylation sites (tertiary alicyclic amines) is 1. The van der Waals surface area contributed by atoms with Crippen LogP contribution in [0.25, 0.3) is 0 Å². The van der Waals surface area contributed by atoms with Crippen LogP contribution in [0.5, 0.6) is 0 Å². The normalized spacial score (nSPS) is 20.1. The van der Waals surface area contributed by atoms with Crippen molar-refractivity contribution < 1.29 is 9.90 Å². The van der Waals surface area contributed by atoms with Gasteiger partial charge in [-0.25, -0.2) is 4.79 Å². The van der Waals surface area contributed by atoms with Crippen LogP contribution in [0.15, 0.2) is 30.3 Å². The summed E-state index contributed by atoms with van der Waals surface area (Å²) in [5, 5.41) is 11.3. The largest absolute Gasteiger partial charge is 0.465 e. The molecule has 0 bridgehead atoms. The molecule has 4 nitrogen and oxygen atoms in total. The molecule has 0 aromatic heterocycles. The van der Waals surface area contributed by atoms with Crippen molar-refractivity contribution in [2.75, 3.05) is 19.6 Å². The maximum atomic E-state index is 10.6. The maximum Gasteiger partial charge on any atom is 0.404 e. The fourth-order valence-electron chi connectivity index (χ4n) is 2.70. The van der Waals surface area contributed by atoms with Crippen LogP contribution in [0.2, 0.25) is 0 Å². The number of nitrogens with zero attached hydrogens (tertiary/aromatic N) is 1. The summed E-state index contributed by atoms with van der Waals surface area (Å²) < 4.78 is 0. The first kappa shape index (κ1) is 13.9. The average Bonchev–Trinajstić information content (AvgIpc) is 2.40. The van der Waals surface area contributed by atoms with Gasteiger partial charge in [-0.2, -0.15) is 0 Å². The van der Waals surface area contributed by atoms with Gasteiger partial charge in [0.2, 0.25) is 0 Å². The average molecular weight is 262 g/mol. The second-order valence-corrected chi connectivity index (χ2v) is 5.18. The number of aryl methyl sites for hydroxylation is 1. The second kappa shape index (κ2) is 7.14. The van der Waals surface area contributed by atoms with Crippen molar-refractivity contribution in [3.63, 3.8) is 0 Å². The number of carboxylic acid groups (broad SMARTS) is 1. The van der Waals surface area contributed by atoms with Gasteiger partial charge in [-0.1, -0.05) is 30.3 Å². The molecule has 4 heteroatoms. The van der Waals surface area contributed by atoms with E-state index in [9.17, 15) is 4.79 Å². The zero-order chi connectivity index (χ0) is 13.5. The summed E-state index contributed by atoms with van der Waals surface area (Å²) in [6.07, 6.45) is 3.35. The van der Waals surface area contributed by atoms with E-state index in [4.69, 9.17) is 5.11 Å². The SMILES string of the molecule is O=C(O)N[C@@H]1CCCN(CCCc2ccccc2)C1. The Balaban J connectivity index is 1.69. The molecule has 1 aliphatic heterocycles. The predicted octanol–water partition coefficient (Wildman–Crippen LogP) is 2.35. The minimum absolute atomic E-state index is 0.1000. The number of carbonyl (C=O) groups is 1. The molecule has 1 heterocycles. The molecule has 104 valence electrons. The summed E-state index contributed by atoms with van der Waals surface area (Å²) in [5.41, 5.74) is 1.37. The molecular formula is C15H22N2O2. The summed E-state index contributed by atoms with van der Waals surface area (Å²) in [6.45, 7) is 2.99. The number of rotatable bonds is 5. The Morgan fingerprint density at radius 3 is 2.89 bits per heavy atom. The molecule has 1 aromatic carbocycles. The fraction of sp³-hybridized carbons (Fsp3) is 0.533. The minimum Gasteiger partial charge on any atom is -0.465 e. The molecule has 1 amide bonds. The van der Waals surface area contributed by atoms with Crippen molar-refractivity contribution in [2.45, 2.75) is 31.7 Å². The van der Waals surface area contributed by atoms with Gasteiger partial charge < -0.3 is 15.3 Å². The van der Waals surface area contributed by atoms with Gasteiger partial charge in [-0.3, -0.25) is 0 Å². The lowest BCUT2D eigenvalue weighted by Gasteiger charge is -2.32. The lowest BCUT2D eigenvalue weighted by molar-refractivity contribution is 0.162. The molecular weight excluding hydrogens is 240 g/mol. The highest BCUT2D eigenvalue weighted by Crippen LogP contribution is 2.11. The van der Waals surface area contributed by atoms with Crippen molar-refractivity contribution in [3.8, 4) is 0 Å². The molecule has 0 unspecified atom stereocenters. The Kier molecular flexibility index (Phi) is 5.21. The quantitative estimate of drug-likeness (QED) is 0.856. The van der Waals surface area contributed by atoms with E-state index in [1.807, 2.05) is 6.07 Å². The van der Waals surface area contributed by atoms with Gasteiger partial charge in [0.05, 0.1) is 0 Å². The molecule has 2 rings (SSSR count). The Morgan fingerprint density at radius 2 is 2.16 bits per heavy atom. The smallest absolute Gasteiger partial charge is 0.404 e. The van der Waals surface area contributed by atoms with Gasteiger partial charge in [-0.15, -0.1) is 0 Å². The van der Waals surface area contributed by atoms with Crippen LogP contribution >= 0.6 is 0 Å². The van der Waals surface area contributed by atoms with Crippen LogP contribution in [0, 0.1) is 0 Å². The first-order valence-electron chi connectivity index (χ1n) is 7.00. The van der Waals surface area contributed by atoms with Gasteiger partial charge in [-0.05, 0) is 44.3 Å². The number of benzene rings is 1. The fourth-order valence-corrected chi connectivity index (χ4v) is 2.70. The van der Waals surface area contributed by atoms with Crippen LogP contribution in [0.3, 0.4) is 0 Å². The third-order valence-corrected chi connectivity index (χ3v) is 3.62. The zero-order valence-corrected chi connectivity index (χ0v) is 11.2. The molecule has 0 aliphatic carbocycles. The highest BCUT2D eigenvalue weighted by atomic mass is 16.4. The molecule has 2 N–H and O–H groups in total. The van der Waals surface area contributed by atoms with E-state index in [0.29, 0.717) is 0 Å². The summed E-state index contributed by atoms with van der Waals surface area (Å²) in [4.78, 5) is 13.0.